The fourth-order valence-electron chi connectivity index (χ4n) is 8.59. The van der Waals surface area contributed by atoms with E-state index in [9.17, 15) is 0 Å². The monoisotopic (exact) mass is 833 g/mol. The lowest BCUT2D eigenvalue weighted by molar-refractivity contribution is 0.590. The lowest BCUT2D eigenvalue weighted by atomic mass is 9.83. The van der Waals surface area contributed by atoms with E-state index < -0.39 is 0 Å². The Bertz CT molecular complexity index is 3080. The first-order chi connectivity index (χ1) is 30.9. The third kappa shape index (κ3) is 8.69. The first-order valence-electron chi connectivity index (χ1n) is 22.3. The van der Waals surface area contributed by atoms with Gasteiger partial charge in [-0.25, -0.2) is 9.97 Å². The van der Waals surface area contributed by atoms with Crippen LogP contribution in [0.15, 0.2) is 205 Å². The molecule has 0 amide bonds. The Balaban J connectivity index is 1.31. The number of fused-ring (bicyclic) bond motifs is 3. The van der Waals surface area contributed by atoms with Gasteiger partial charge in [-0.1, -0.05) is 200 Å². The molecule has 0 N–H and O–H groups in total. The third-order valence-corrected chi connectivity index (χ3v) is 12.1. The molecule has 0 saturated carbocycles. The molecule has 0 radical (unpaired) electrons. The molecule has 0 fully saturated rings. The molecule has 2 heterocycles. The molecule has 4 heteroatoms. The van der Waals surface area contributed by atoms with Gasteiger partial charge in [-0.05, 0) is 93.1 Å². The van der Waals surface area contributed by atoms with Crippen molar-refractivity contribution in [1.29, 1.82) is 0 Å². The number of nitrogens with zero attached hydrogens (tertiary/aromatic N) is 3. The molecular formula is C60H55N3O. The van der Waals surface area contributed by atoms with Crippen LogP contribution in [-0.4, -0.2) is 9.97 Å². The van der Waals surface area contributed by atoms with Crippen LogP contribution in [-0.2, 0) is 10.8 Å². The van der Waals surface area contributed by atoms with Gasteiger partial charge in [0.05, 0.1) is 5.69 Å². The number of hydrogen-bond donors (Lipinski definition) is 0. The van der Waals surface area contributed by atoms with Gasteiger partial charge in [-0.2, -0.15) is 0 Å². The Morgan fingerprint density at radius 2 is 1.17 bits per heavy atom. The van der Waals surface area contributed by atoms with Crippen molar-refractivity contribution in [2.75, 3.05) is 4.90 Å². The Hall–Kier alpha value is -7.30. The maximum Gasteiger partial charge on any atom is 0.179 e. The predicted molar refractivity (Wildman–Crippen MR) is 270 cm³/mol. The summed E-state index contributed by atoms with van der Waals surface area (Å²) in [4.78, 5) is 12.9. The summed E-state index contributed by atoms with van der Waals surface area (Å²) >= 11 is 0. The molecule has 9 rings (SSSR count). The van der Waals surface area contributed by atoms with E-state index >= 15 is 0 Å². The number of anilines is 2. The van der Waals surface area contributed by atoms with E-state index in [1.165, 1.54) is 11.1 Å². The van der Waals surface area contributed by atoms with Gasteiger partial charge in [-0.15, -0.1) is 0 Å². The topological polar surface area (TPSA) is 42.2 Å². The largest absolute Gasteiger partial charge is 0.452 e. The van der Waals surface area contributed by atoms with Gasteiger partial charge in [0, 0.05) is 33.8 Å². The van der Waals surface area contributed by atoms with Crippen LogP contribution < -0.4 is 4.90 Å². The van der Waals surface area contributed by atoms with Crippen molar-refractivity contribution >= 4 is 45.1 Å². The van der Waals surface area contributed by atoms with Crippen LogP contribution in [0.25, 0.3) is 56.2 Å². The van der Waals surface area contributed by atoms with E-state index in [0.717, 1.165) is 66.9 Å². The Kier molecular flexibility index (Phi) is 11.5. The average Bonchev–Trinajstić information content (AvgIpc) is 3.70. The molecule has 0 bridgehead atoms. The molecule has 0 saturated heterocycles. The lowest BCUT2D eigenvalue weighted by Gasteiger charge is -2.36. The minimum atomic E-state index is -0.198. The van der Waals surface area contributed by atoms with Crippen LogP contribution in [0.3, 0.4) is 0 Å². The van der Waals surface area contributed by atoms with Crippen molar-refractivity contribution in [3.8, 4) is 22.5 Å². The molecule has 0 spiro atoms. The maximum absolute atomic E-state index is 6.66. The minimum Gasteiger partial charge on any atom is -0.452 e. The van der Waals surface area contributed by atoms with E-state index in [0.29, 0.717) is 23.5 Å². The van der Waals surface area contributed by atoms with Crippen molar-refractivity contribution in [3.05, 3.63) is 228 Å². The van der Waals surface area contributed by atoms with Gasteiger partial charge in [0.2, 0.25) is 0 Å². The zero-order chi connectivity index (χ0) is 44.4. The molecule has 0 aliphatic rings. The minimum absolute atomic E-state index is 0.0158. The Labute approximate surface area is 378 Å². The lowest BCUT2D eigenvalue weighted by Crippen LogP contribution is -2.24. The summed E-state index contributed by atoms with van der Waals surface area (Å²) in [5.41, 5.74) is 15.0. The van der Waals surface area contributed by atoms with E-state index in [1.807, 2.05) is 36.4 Å². The quantitative estimate of drug-likeness (QED) is 0.130. The van der Waals surface area contributed by atoms with Gasteiger partial charge in [0.25, 0.3) is 0 Å². The summed E-state index contributed by atoms with van der Waals surface area (Å²) in [6.07, 6.45) is 2.90. The first-order valence-corrected chi connectivity index (χ1v) is 22.3. The third-order valence-electron chi connectivity index (χ3n) is 12.1. The fourth-order valence-corrected chi connectivity index (χ4v) is 8.59. The van der Waals surface area contributed by atoms with Crippen LogP contribution >= 0.6 is 0 Å². The van der Waals surface area contributed by atoms with Crippen molar-refractivity contribution in [1.82, 2.24) is 9.97 Å². The highest BCUT2D eigenvalue weighted by Crippen LogP contribution is 2.47. The van der Waals surface area contributed by atoms with Crippen molar-refractivity contribution in [2.24, 2.45) is 0 Å². The summed E-state index contributed by atoms with van der Waals surface area (Å²) in [5, 5.41) is 0.951. The van der Waals surface area contributed by atoms with Crippen molar-refractivity contribution < 1.29 is 4.42 Å². The first kappa shape index (κ1) is 42.0. The van der Waals surface area contributed by atoms with Crippen LogP contribution in [0.4, 0.5) is 11.4 Å². The molecule has 316 valence electrons. The van der Waals surface area contributed by atoms with Crippen LogP contribution in [0, 0.1) is 0 Å². The van der Waals surface area contributed by atoms with Crippen LogP contribution in [0.1, 0.15) is 81.8 Å². The van der Waals surface area contributed by atoms with Gasteiger partial charge < -0.3 is 9.32 Å². The highest BCUT2D eigenvalue weighted by Gasteiger charge is 2.30. The second-order valence-corrected chi connectivity index (χ2v) is 18.8. The fraction of sp³-hybridized carbons (Fsp3) is 0.167. The number of rotatable bonds is 11. The molecule has 9 aromatic rings. The SMILES string of the molecule is C=C(CC(/C(=C/c1ccccc1)N(c1ccc(C(C)(C)C)cc1)c1ccc(C(C)(C)C)cc1-c1ccccc1)c1ccccc1)c1nc(-c2ccccc2)nc2c1oc1ccccc12. The molecule has 1 atom stereocenters. The van der Waals surface area contributed by atoms with E-state index in [2.05, 4.69) is 204 Å². The summed E-state index contributed by atoms with van der Waals surface area (Å²) in [6, 6.07) is 66.8. The van der Waals surface area contributed by atoms with Crippen molar-refractivity contribution in [3.63, 3.8) is 0 Å². The van der Waals surface area contributed by atoms with Crippen LogP contribution in [0.2, 0.25) is 0 Å². The van der Waals surface area contributed by atoms with E-state index in [-0.39, 0.29) is 16.7 Å². The zero-order valence-electron chi connectivity index (χ0n) is 37.7. The number of furan rings is 1. The van der Waals surface area contributed by atoms with E-state index in [4.69, 9.17) is 21.0 Å². The van der Waals surface area contributed by atoms with Gasteiger partial charge in [0.1, 0.15) is 16.8 Å². The number of allylic oxidation sites excluding steroid dienone is 2. The molecule has 64 heavy (non-hydrogen) atoms. The van der Waals surface area contributed by atoms with Crippen molar-refractivity contribution in [2.45, 2.75) is 64.7 Å². The second-order valence-electron chi connectivity index (χ2n) is 18.8. The summed E-state index contributed by atoms with van der Waals surface area (Å²) in [5.74, 6) is 0.441. The van der Waals surface area contributed by atoms with Crippen LogP contribution in [0.5, 0.6) is 0 Å². The summed E-state index contributed by atoms with van der Waals surface area (Å²) in [7, 11) is 0. The highest BCUT2D eigenvalue weighted by atomic mass is 16.3. The summed E-state index contributed by atoms with van der Waals surface area (Å²) in [6.45, 7) is 18.5. The molecule has 2 aromatic heterocycles. The molecule has 1 unspecified atom stereocenters. The molecule has 0 aliphatic heterocycles. The second kappa shape index (κ2) is 17.5. The van der Waals surface area contributed by atoms with Gasteiger partial charge in [-0.3, -0.25) is 0 Å². The number of hydrogen-bond acceptors (Lipinski definition) is 4. The maximum atomic E-state index is 6.66. The molecule has 7 aromatic carbocycles. The number of aromatic nitrogens is 2. The normalized spacial score (nSPS) is 12.7. The van der Waals surface area contributed by atoms with Gasteiger partial charge >= 0.3 is 0 Å². The Morgan fingerprint density at radius 1 is 0.609 bits per heavy atom. The molecular weight excluding hydrogens is 779 g/mol. The summed E-state index contributed by atoms with van der Waals surface area (Å²) < 4.78 is 6.66. The standard InChI is InChI=1S/C60H55N3O/c1-41(55-57-56(49-30-20-21-31-54(49)64-57)62-58(61-55)45-28-18-11-19-29-45)38-50(43-24-14-9-15-25-43)53(39-42-22-12-8-13-23-42)63(48-35-32-46(33-36-48)59(2,3)4)52-37-34-47(60(5,6)7)40-51(52)44-26-16-10-17-27-44/h8-37,39-40,50H,1,38H2,2-7H3/b53-39-. The predicted octanol–water partition coefficient (Wildman–Crippen LogP) is 16.4. The zero-order valence-corrected chi connectivity index (χ0v) is 37.7. The number of benzene rings is 7. The van der Waals surface area contributed by atoms with Gasteiger partial charge in [0.15, 0.2) is 11.4 Å². The average molecular weight is 834 g/mol. The smallest absolute Gasteiger partial charge is 0.179 e. The van der Waals surface area contributed by atoms with E-state index in [1.54, 1.807) is 0 Å². The highest BCUT2D eigenvalue weighted by molar-refractivity contribution is 6.05. The number of para-hydroxylation sites is 1. The molecule has 0 aliphatic carbocycles. The Morgan fingerprint density at radius 3 is 1.81 bits per heavy atom. The molecule has 4 nitrogen and oxygen atoms in total.